The minimum absolute atomic E-state index is 0.101. The number of rotatable bonds is 5. The molecule has 0 unspecified atom stereocenters. The maximum Gasteiger partial charge on any atom is 0.258 e. The normalized spacial score (nSPS) is 9.54. The predicted molar refractivity (Wildman–Crippen MR) is 91.8 cm³/mol. The number of ether oxygens (including phenoxy) is 1. The molecule has 0 heterocycles. The van der Waals surface area contributed by atoms with Crippen LogP contribution in [-0.2, 0) is 4.79 Å². The summed E-state index contributed by atoms with van der Waals surface area (Å²) in [6.45, 7) is 0.0942. The highest BCUT2D eigenvalue weighted by Gasteiger charge is 2.01. The SMILES string of the molecule is NC(=O)c1ccc(C#CCNC(=O)COc2ccc(Cl)cc2)cc1. The van der Waals surface area contributed by atoms with Gasteiger partial charge in [-0.15, -0.1) is 0 Å². The molecule has 2 aromatic rings. The average molecular weight is 343 g/mol. The Kier molecular flexibility index (Phi) is 6.23. The Hall–Kier alpha value is -2.97. The molecule has 24 heavy (non-hydrogen) atoms. The smallest absolute Gasteiger partial charge is 0.258 e. The second-order valence-electron chi connectivity index (χ2n) is 4.76. The number of halogens is 1. The zero-order valence-corrected chi connectivity index (χ0v) is 13.5. The first-order valence-corrected chi connectivity index (χ1v) is 7.46. The molecule has 122 valence electrons. The monoisotopic (exact) mass is 342 g/mol. The summed E-state index contributed by atoms with van der Waals surface area (Å²) in [4.78, 5) is 22.6. The molecule has 0 fully saturated rings. The lowest BCUT2D eigenvalue weighted by atomic mass is 10.1. The molecule has 2 aromatic carbocycles. The zero-order valence-electron chi connectivity index (χ0n) is 12.7. The van der Waals surface area contributed by atoms with Gasteiger partial charge in [0.15, 0.2) is 6.61 Å². The highest BCUT2D eigenvalue weighted by molar-refractivity contribution is 6.30. The Morgan fingerprint density at radius 2 is 1.75 bits per heavy atom. The van der Waals surface area contributed by atoms with Gasteiger partial charge in [0.1, 0.15) is 5.75 Å². The minimum atomic E-state index is -0.484. The Labute approximate surface area is 144 Å². The molecule has 0 aliphatic rings. The molecule has 2 rings (SSSR count). The molecular weight excluding hydrogens is 328 g/mol. The second-order valence-corrected chi connectivity index (χ2v) is 5.20. The summed E-state index contributed by atoms with van der Waals surface area (Å²) in [7, 11) is 0. The fourth-order valence-electron chi connectivity index (χ4n) is 1.74. The van der Waals surface area contributed by atoms with Crippen molar-refractivity contribution < 1.29 is 14.3 Å². The number of benzene rings is 2. The number of carbonyl (C=O) groups is 2. The van der Waals surface area contributed by atoms with E-state index in [9.17, 15) is 9.59 Å². The van der Waals surface area contributed by atoms with Crippen LogP contribution >= 0.6 is 11.6 Å². The molecule has 0 radical (unpaired) electrons. The third-order valence-corrected chi connectivity index (χ3v) is 3.21. The largest absolute Gasteiger partial charge is 0.484 e. The summed E-state index contributed by atoms with van der Waals surface area (Å²) >= 11 is 5.76. The van der Waals surface area contributed by atoms with Gasteiger partial charge in [0, 0.05) is 16.1 Å². The van der Waals surface area contributed by atoms with Gasteiger partial charge in [0.25, 0.3) is 5.91 Å². The number of primary amides is 1. The highest BCUT2D eigenvalue weighted by Crippen LogP contribution is 2.15. The summed E-state index contributed by atoms with van der Waals surface area (Å²) in [5.74, 6) is 5.50. The topological polar surface area (TPSA) is 81.4 Å². The minimum Gasteiger partial charge on any atom is -0.484 e. The van der Waals surface area contributed by atoms with Gasteiger partial charge in [0.2, 0.25) is 5.91 Å². The van der Waals surface area contributed by atoms with E-state index in [0.29, 0.717) is 16.3 Å². The molecule has 3 N–H and O–H groups in total. The van der Waals surface area contributed by atoms with Crippen molar-refractivity contribution in [1.29, 1.82) is 0 Å². The molecule has 0 bridgehead atoms. The summed E-state index contributed by atoms with van der Waals surface area (Å²) < 4.78 is 5.31. The predicted octanol–water partition coefficient (Wildman–Crippen LogP) is 1.99. The van der Waals surface area contributed by atoms with E-state index >= 15 is 0 Å². The van der Waals surface area contributed by atoms with E-state index in [-0.39, 0.29) is 19.1 Å². The number of nitrogens with one attached hydrogen (secondary N) is 1. The van der Waals surface area contributed by atoms with Crippen LogP contribution in [0.2, 0.25) is 5.02 Å². The summed E-state index contributed by atoms with van der Waals surface area (Å²) in [5.41, 5.74) is 6.31. The Bertz CT molecular complexity index is 775. The van der Waals surface area contributed by atoms with Crippen molar-refractivity contribution >= 4 is 23.4 Å². The van der Waals surface area contributed by atoms with Crippen LogP contribution in [0.25, 0.3) is 0 Å². The molecule has 0 aliphatic heterocycles. The van der Waals surface area contributed by atoms with Crippen LogP contribution in [0.3, 0.4) is 0 Å². The first kappa shape index (κ1) is 17.4. The third kappa shape index (κ3) is 5.67. The lowest BCUT2D eigenvalue weighted by Crippen LogP contribution is -2.29. The summed E-state index contributed by atoms with van der Waals surface area (Å²) in [5, 5.41) is 3.23. The van der Waals surface area contributed by atoms with Gasteiger partial charge in [-0.05, 0) is 48.5 Å². The van der Waals surface area contributed by atoms with Crippen LogP contribution in [-0.4, -0.2) is 25.0 Å². The van der Waals surface area contributed by atoms with Gasteiger partial charge in [-0.3, -0.25) is 9.59 Å². The molecule has 5 nitrogen and oxygen atoms in total. The van der Waals surface area contributed by atoms with E-state index in [1.807, 2.05) is 0 Å². The van der Waals surface area contributed by atoms with E-state index in [4.69, 9.17) is 22.1 Å². The summed E-state index contributed by atoms with van der Waals surface area (Å²) in [6.07, 6.45) is 0. The number of carbonyl (C=O) groups excluding carboxylic acids is 2. The Morgan fingerprint density at radius 3 is 2.38 bits per heavy atom. The molecule has 0 aromatic heterocycles. The molecule has 0 spiro atoms. The number of hydrogen-bond acceptors (Lipinski definition) is 3. The molecular formula is C18H15ClN2O3. The van der Waals surface area contributed by atoms with Gasteiger partial charge >= 0.3 is 0 Å². The maximum atomic E-state index is 11.6. The van der Waals surface area contributed by atoms with Gasteiger partial charge in [-0.2, -0.15) is 0 Å². The van der Waals surface area contributed by atoms with Crippen LogP contribution in [0, 0.1) is 11.8 Å². The quantitative estimate of drug-likeness (QED) is 0.815. The standard InChI is InChI=1S/C18H15ClN2O3/c19-15-7-9-16(10-8-15)24-12-17(22)21-11-1-2-13-3-5-14(6-4-13)18(20)23/h3-10H,11-12H2,(H2,20,23)(H,21,22). The van der Waals surface area contributed by atoms with Gasteiger partial charge in [-0.25, -0.2) is 0 Å². The molecule has 0 saturated carbocycles. The molecule has 6 heteroatoms. The van der Waals surface area contributed by atoms with Crippen molar-refractivity contribution in [1.82, 2.24) is 5.32 Å². The second kappa shape index (κ2) is 8.61. The molecule has 0 aliphatic carbocycles. The van der Waals surface area contributed by atoms with Crippen molar-refractivity contribution in [2.24, 2.45) is 5.73 Å². The third-order valence-electron chi connectivity index (χ3n) is 2.96. The van der Waals surface area contributed by atoms with Crippen molar-refractivity contribution in [2.75, 3.05) is 13.2 Å². The molecule has 0 saturated heterocycles. The fraction of sp³-hybridized carbons (Fsp3) is 0.111. The van der Waals surface area contributed by atoms with Crippen molar-refractivity contribution in [2.45, 2.75) is 0 Å². The van der Waals surface area contributed by atoms with E-state index in [0.717, 1.165) is 5.56 Å². The highest BCUT2D eigenvalue weighted by atomic mass is 35.5. The molecule has 2 amide bonds. The van der Waals surface area contributed by atoms with Crippen LogP contribution < -0.4 is 15.8 Å². The van der Waals surface area contributed by atoms with Crippen molar-refractivity contribution in [3.8, 4) is 17.6 Å². The van der Waals surface area contributed by atoms with Crippen LogP contribution in [0.4, 0.5) is 0 Å². The zero-order chi connectivity index (χ0) is 17.4. The van der Waals surface area contributed by atoms with Crippen molar-refractivity contribution in [3.05, 3.63) is 64.7 Å². The lowest BCUT2D eigenvalue weighted by Gasteiger charge is -2.05. The van der Waals surface area contributed by atoms with Gasteiger partial charge in [0.05, 0.1) is 6.54 Å². The summed E-state index contributed by atoms with van der Waals surface area (Å²) in [6, 6.07) is 13.3. The van der Waals surface area contributed by atoms with E-state index in [1.54, 1.807) is 48.5 Å². The van der Waals surface area contributed by atoms with E-state index in [2.05, 4.69) is 17.2 Å². The molecule has 0 atom stereocenters. The van der Waals surface area contributed by atoms with Gasteiger partial charge in [-0.1, -0.05) is 23.4 Å². The first-order valence-electron chi connectivity index (χ1n) is 7.08. The fourth-order valence-corrected chi connectivity index (χ4v) is 1.86. The lowest BCUT2D eigenvalue weighted by molar-refractivity contribution is -0.122. The van der Waals surface area contributed by atoms with Gasteiger partial charge < -0.3 is 15.8 Å². The van der Waals surface area contributed by atoms with Crippen LogP contribution in [0.1, 0.15) is 15.9 Å². The average Bonchev–Trinajstić information content (AvgIpc) is 2.58. The Morgan fingerprint density at radius 1 is 1.08 bits per heavy atom. The van der Waals surface area contributed by atoms with E-state index in [1.165, 1.54) is 0 Å². The number of hydrogen-bond donors (Lipinski definition) is 2. The number of nitrogens with two attached hydrogens (primary N) is 1. The number of amides is 2. The van der Waals surface area contributed by atoms with Crippen LogP contribution in [0.5, 0.6) is 5.75 Å². The first-order chi connectivity index (χ1) is 11.5. The van der Waals surface area contributed by atoms with E-state index < -0.39 is 5.91 Å². The van der Waals surface area contributed by atoms with Crippen LogP contribution in [0.15, 0.2) is 48.5 Å². The maximum absolute atomic E-state index is 11.6. The Balaban J connectivity index is 1.74. The van der Waals surface area contributed by atoms with Crippen molar-refractivity contribution in [3.63, 3.8) is 0 Å².